The van der Waals surface area contributed by atoms with Crippen LogP contribution in [-0.2, 0) is 6.42 Å². The van der Waals surface area contributed by atoms with E-state index in [4.69, 9.17) is 4.74 Å². The minimum Gasteiger partial charge on any atom is -0.497 e. The topological polar surface area (TPSA) is 30.5 Å². The average Bonchev–Trinajstić information content (AvgIpc) is 2.57. The lowest BCUT2D eigenvalue weighted by atomic mass is 10.1. The van der Waals surface area contributed by atoms with E-state index in [1.165, 1.54) is 12.1 Å². The molecule has 0 fully saturated rings. The Hall–Kier alpha value is -2.21. The van der Waals surface area contributed by atoms with Crippen molar-refractivity contribution in [3.05, 3.63) is 59.7 Å². The zero-order valence-corrected chi connectivity index (χ0v) is 14.3. The van der Waals surface area contributed by atoms with Gasteiger partial charge in [-0.05, 0) is 61.7 Å². The number of methoxy groups -OCH3 is 1. The number of rotatable bonds is 8. The van der Waals surface area contributed by atoms with Crippen LogP contribution < -0.4 is 14.8 Å². The first-order valence-corrected chi connectivity index (χ1v) is 8.09. The molecular formula is C19H22F3NO2. The molecule has 0 bridgehead atoms. The van der Waals surface area contributed by atoms with E-state index in [0.717, 1.165) is 29.8 Å². The molecule has 6 heteroatoms. The second kappa shape index (κ2) is 8.76. The maximum atomic E-state index is 12.2. The lowest BCUT2D eigenvalue weighted by molar-refractivity contribution is -0.274. The molecule has 2 rings (SSSR count). The molecule has 0 spiro atoms. The van der Waals surface area contributed by atoms with Crippen LogP contribution in [0.1, 0.15) is 30.5 Å². The highest BCUT2D eigenvalue weighted by molar-refractivity contribution is 5.30. The average molecular weight is 353 g/mol. The summed E-state index contributed by atoms with van der Waals surface area (Å²) < 4.78 is 45.9. The van der Waals surface area contributed by atoms with Crippen LogP contribution in [-0.4, -0.2) is 20.0 Å². The van der Waals surface area contributed by atoms with Crippen molar-refractivity contribution in [3.8, 4) is 11.5 Å². The first-order valence-electron chi connectivity index (χ1n) is 8.09. The maximum Gasteiger partial charge on any atom is 0.573 e. The van der Waals surface area contributed by atoms with Gasteiger partial charge >= 0.3 is 6.36 Å². The molecule has 2 aromatic carbocycles. The zero-order valence-electron chi connectivity index (χ0n) is 14.3. The Kier molecular flexibility index (Phi) is 6.70. The zero-order chi connectivity index (χ0) is 18.3. The molecule has 136 valence electrons. The van der Waals surface area contributed by atoms with Gasteiger partial charge in [0.15, 0.2) is 0 Å². The summed E-state index contributed by atoms with van der Waals surface area (Å²) in [6, 6.07) is 14.1. The Bertz CT molecular complexity index is 674. The second-order valence-corrected chi connectivity index (χ2v) is 5.75. The highest BCUT2D eigenvalue weighted by Gasteiger charge is 2.31. The van der Waals surface area contributed by atoms with Gasteiger partial charge in [-0.15, -0.1) is 13.2 Å². The van der Waals surface area contributed by atoms with Crippen molar-refractivity contribution in [3.63, 3.8) is 0 Å². The molecule has 0 aliphatic rings. The van der Waals surface area contributed by atoms with Crippen molar-refractivity contribution >= 4 is 0 Å². The van der Waals surface area contributed by atoms with Crippen LogP contribution in [0, 0.1) is 0 Å². The fourth-order valence-corrected chi connectivity index (χ4v) is 2.54. The van der Waals surface area contributed by atoms with Crippen LogP contribution in [0.25, 0.3) is 0 Å². The van der Waals surface area contributed by atoms with Crippen LogP contribution in [0.3, 0.4) is 0 Å². The van der Waals surface area contributed by atoms with Crippen molar-refractivity contribution in [2.75, 3.05) is 13.7 Å². The summed E-state index contributed by atoms with van der Waals surface area (Å²) >= 11 is 0. The smallest absolute Gasteiger partial charge is 0.497 e. The first kappa shape index (κ1) is 19.1. The molecule has 0 radical (unpaired) electrons. The molecule has 0 aliphatic heterocycles. The fraction of sp³-hybridized carbons (Fsp3) is 0.368. The van der Waals surface area contributed by atoms with Gasteiger partial charge in [-0.2, -0.15) is 0 Å². The summed E-state index contributed by atoms with van der Waals surface area (Å²) in [7, 11) is 1.63. The van der Waals surface area contributed by atoms with Gasteiger partial charge in [0.1, 0.15) is 11.5 Å². The number of ether oxygens (including phenoxy) is 2. The van der Waals surface area contributed by atoms with E-state index in [2.05, 4.69) is 17.0 Å². The highest BCUT2D eigenvalue weighted by Crippen LogP contribution is 2.24. The minimum atomic E-state index is -4.66. The first-order chi connectivity index (χ1) is 11.9. The molecule has 0 aromatic heterocycles. The Labute approximate surface area is 145 Å². The molecule has 2 aromatic rings. The Balaban J connectivity index is 1.80. The lowest BCUT2D eigenvalue weighted by Gasteiger charge is -2.15. The number of benzene rings is 2. The molecule has 0 saturated carbocycles. The Morgan fingerprint density at radius 2 is 1.76 bits per heavy atom. The fourth-order valence-electron chi connectivity index (χ4n) is 2.54. The molecule has 3 nitrogen and oxygen atoms in total. The van der Waals surface area contributed by atoms with Gasteiger partial charge in [0.2, 0.25) is 0 Å². The van der Waals surface area contributed by atoms with Gasteiger partial charge in [0.25, 0.3) is 0 Å². The molecule has 0 amide bonds. The maximum absolute atomic E-state index is 12.2. The van der Waals surface area contributed by atoms with Crippen LogP contribution in [0.15, 0.2) is 48.5 Å². The van der Waals surface area contributed by atoms with Crippen LogP contribution >= 0.6 is 0 Å². The molecule has 25 heavy (non-hydrogen) atoms. The van der Waals surface area contributed by atoms with Gasteiger partial charge in [-0.25, -0.2) is 0 Å². The molecule has 1 atom stereocenters. The highest BCUT2D eigenvalue weighted by atomic mass is 19.4. The van der Waals surface area contributed by atoms with Gasteiger partial charge in [-0.3, -0.25) is 0 Å². The molecular weight excluding hydrogens is 331 g/mol. The van der Waals surface area contributed by atoms with E-state index in [1.807, 2.05) is 24.3 Å². The molecule has 0 saturated heterocycles. The SMILES string of the molecule is COc1cccc(C(C)NCCCc2cccc(OC(F)(F)F)c2)c1. The Morgan fingerprint density at radius 1 is 1.04 bits per heavy atom. The van der Waals surface area contributed by atoms with Gasteiger partial charge in [-0.1, -0.05) is 24.3 Å². The second-order valence-electron chi connectivity index (χ2n) is 5.75. The predicted molar refractivity (Wildman–Crippen MR) is 90.9 cm³/mol. The number of alkyl halides is 3. The monoisotopic (exact) mass is 353 g/mol. The largest absolute Gasteiger partial charge is 0.573 e. The van der Waals surface area contributed by atoms with E-state index in [0.29, 0.717) is 6.42 Å². The summed E-state index contributed by atoms with van der Waals surface area (Å²) in [5, 5.41) is 3.41. The number of halogens is 3. The quantitative estimate of drug-likeness (QED) is 0.686. The Morgan fingerprint density at radius 3 is 2.48 bits per heavy atom. The van der Waals surface area contributed by atoms with E-state index < -0.39 is 6.36 Å². The predicted octanol–water partition coefficient (Wildman–Crippen LogP) is 4.88. The number of hydrogen-bond acceptors (Lipinski definition) is 3. The summed E-state index contributed by atoms with van der Waals surface area (Å²) in [5.41, 5.74) is 1.94. The van der Waals surface area contributed by atoms with Crippen LogP contribution in [0.5, 0.6) is 11.5 Å². The van der Waals surface area contributed by atoms with Gasteiger partial charge < -0.3 is 14.8 Å². The number of aryl methyl sites for hydroxylation is 1. The minimum absolute atomic E-state index is 0.162. The van der Waals surface area contributed by atoms with Crippen molar-refractivity contribution in [1.29, 1.82) is 0 Å². The molecule has 1 unspecified atom stereocenters. The summed E-state index contributed by atoms with van der Waals surface area (Å²) in [4.78, 5) is 0. The lowest BCUT2D eigenvalue weighted by Crippen LogP contribution is -2.20. The van der Waals surface area contributed by atoms with Crippen molar-refractivity contribution in [2.45, 2.75) is 32.2 Å². The summed E-state index contributed by atoms with van der Waals surface area (Å²) in [5.74, 6) is 0.635. The standard InChI is InChI=1S/C19H22F3NO2/c1-14(16-8-4-9-17(13-16)24-2)23-11-5-7-15-6-3-10-18(12-15)25-19(20,21)22/h3-4,6,8-10,12-14,23H,5,7,11H2,1-2H3. The molecule has 0 aliphatic carbocycles. The number of hydrogen-bond donors (Lipinski definition) is 1. The van der Waals surface area contributed by atoms with Gasteiger partial charge in [0.05, 0.1) is 7.11 Å². The van der Waals surface area contributed by atoms with Crippen molar-refractivity contribution < 1.29 is 22.6 Å². The van der Waals surface area contributed by atoms with E-state index in [-0.39, 0.29) is 11.8 Å². The van der Waals surface area contributed by atoms with E-state index >= 15 is 0 Å². The van der Waals surface area contributed by atoms with Crippen molar-refractivity contribution in [2.24, 2.45) is 0 Å². The molecule has 0 heterocycles. The summed E-state index contributed by atoms with van der Waals surface area (Å²) in [6.07, 6.45) is -3.18. The van der Waals surface area contributed by atoms with Crippen LogP contribution in [0.4, 0.5) is 13.2 Å². The third kappa shape index (κ3) is 6.66. The van der Waals surface area contributed by atoms with Gasteiger partial charge in [0, 0.05) is 6.04 Å². The summed E-state index contributed by atoms with van der Waals surface area (Å²) in [6.45, 7) is 2.81. The van der Waals surface area contributed by atoms with Crippen molar-refractivity contribution in [1.82, 2.24) is 5.32 Å². The third-order valence-electron chi connectivity index (χ3n) is 3.82. The normalized spacial score (nSPS) is 12.7. The van der Waals surface area contributed by atoms with E-state index in [9.17, 15) is 13.2 Å². The number of nitrogens with one attached hydrogen (secondary N) is 1. The van der Waals surface area contributed by atoms with E-state index in [1.54, 1.807) is 19.2 Å². The molecule has 1 N–H and O–H groups in total. The van der Waals surface area contributed by atoms with Crippen LogP contribution in [0.2, 0.25) is 0 Å². The third-order valence-corrected chi connectivity index (χ3v) is 3.82.